The molecule has 1 atom stereocenters. The van der Waals surface area contributed by atoms with Crippen LogP contribution in [0.2, 0.25) is 0 Å². The summed E-state index contributed by atoms with van der Waals surface area (Å²) in [6, 6.07) is 0. The quantitative estimate of drug-likeness (QED) is 0.633. The first-order valence-electron chi connectivity index (χ1n) is 4.46. The van der Waals surface area contributed by atoms with Gasteiger partial charge in [0.05, 0.1) is 11.0 Å². The van der Waals surface area contributed by atoms with E-state index in [2.05, 4.69) is 0 Å². The fraction of sp³-hybridized carbons (Fsp3) is 1.00. The minimum absolute atomic E-state index is 0.0376. The number of sulfone groups is 1. The van der Waals surface area contributed by atoms with Crippen molar-refractivity contribution in [2.75, 3.05) is 18.9 Å². The van der Waals surface area contributed by atoms with Crippen LogP contribution in [0.1, 0.15) is 20.3 Å². The molecule has 0 aromatic carbocycles. The van der Waals surface area contributed by atoms with E-state index in [1.54, 1.807) is 13.8 Å². The number of hydrogen-bond acceptors (Lipinski definition) is 4. The number of rotatable bonds is 6. The molecular weight excluding hydrogens is 190 g/mol. The van der Waals surface area contributed by atoms with Crippen molar-refractivity contribution in [1.82, 2.24) is 0 Å². The van der Waals surface area contributed by atoms with Crippen molar-refractivity contribution in [1.29, 1.82) is 0 Å². The summed E-state index contributed by atoms with van der Waals surface area (Å²) in [4.78, 5) is 0. The summed E-state index contributed by atoms with van der Waals surface area (Å²) in [5.41, 5.74) is 5.33. The number of aliphatic hydroxyl groups excluding tert-OH is 1. The molecule has 0 fully saturated rings. The number of hydrogen-bond donors (Lipinski definition) is 2. The molecule has 0 spiro atoms. The van der Waals surface area contributed by atoms with Gasteiger partial charge in [0.25, 0.3) is 0 Å². The Morgan fingerprint density at radius 3 is 2.23 bits per heavy atom. The minimum atomic E-state index is -2.98. The van der Waals surface area contributed by atoms with Crippen LogP contribution in [0.25, 0.3) is 0 Å². The van der Waals surface area contributed by atoms with Gasteiger partial charge in [-0.2, -0.15) is 0 Å². The Labute approximate surface area is 80.1 Å². The zero-order valence-electron chi connectivity index (χ0n) is 8.23. The lowest BCUT2D eigenvalue weighted by atomic mass is 10.1. The van der Waals surface area contributed by atoms with Gasteiger partial charge in [-0.25, -0.2) is 8.42 Å². The van der Waals surface area contributed by atoms with Crippen LogP contribution in [0, 0.1) is 5.92 Å². The maximum absolute atomic E-state index is 11.3. The molecule has 13 heavy (non-hydrogen) atoms. The van der Waals surface area contributed by atoms with Gasteiger partial charge >= 0.3 is 0 Å². The Balaban J connectivity index is 4.01. The van der Waals surface area contributed by atoms with Crippen LogP contribution in [0.4, 0.5) is 0 Å². The molecule has 80 valence electrons. The van der Waals surface area contributed by atoms with Crippen molar-refractivity contribution in [3.63, 3.8) is 0 Å². The summed E-state index contributed by atoms with van der Waals surface area (Å²) in [6.45, 7) is 3.62. The first kappa shape index (κ1) is 12.9. The molecule has 5 heteroatoms. The van der Waals surface area contributed by atoms with Crippen molar-refractivity contribution < 1.29 is 13.5 Å². The van der Waals surface area contributed by atoms with Gasteiger partial charge in [-0.3, -0.25) is 0 Å². The van der Waals surface area contributed by atoms with Gasteiger partial charge in [0.1, 0.15) is 0 Å². The van der Waals surface area contributed by atoms with Crippen molar-refractivity contribution in [2.45, 2.75) is 25.5 Å². The van der Waals surface area contributed by atoms with Gasteiger partial charge < -0.3 is 10.8 Å². The zero-order chi connectivity index (χ0) is 10.5. The summed E-state index contributed by atoms with van der Waals surface area (Å²) in [5, 5.41) is 8.44. The monoisotopic (exact) mass is 209 g/mol. The molecule has 0 rings (SSSR count). The molecule has 0 saturated heterocycles. The first-order chi connectivity index (χ1) is 5.94. The second kappa shape index (κ2) is 5.57. The van der Waals surface area contributed by atoms with E-state index in [-0.39, 0.29) is 23.5 Å². The van der Waals surface area contributed by atoms with E-state index in [1.165, 1.54) is 0 Å². The summed E-state index contributed by atoms with van der Waals surface area (Å²) in [6.07, 6.45) is 0.452. The third-order valence-electron chi connectivity index (χ3n) is 2.12. The van der Waals surface area contributed by atoms with Crippen molar-refractivity contribution in [2.24, 2.45) is 11.7 Å². The molecule has 0 aromatic rings. The fourth-order valence-electron chi connectivity index (χ4n) is 0.850. The largest absolute Gasteiger partial charge is 0.396 e. The molecule has 3 N–H and O–H groups in total. The van der Waals surface area contributed by atoms with Crippen molar-refractivity contribution in [3.05, 3.63) is 0 Å². The summed E-state index contributed by atoms with van der Waals surface area (Å²) >= 11 is 0. The highest BCUT2D eigenvalue weighted by Gasteiger charge is 2.17. The second-order valence-corrected chi connectivity index (χ2v) is 6.17. The van der Waals surface area contributed by atoms with Crippen molar-refractivity contribution >= 4 is 9.84 Å². The topological polar surface area (TPSA) is 80.4 Å². The third kappa shape index (κ3) is 4.59. The zero-order valence-corrected chi connectivity index (χ0v) is 9.05. The molecular formula is C8H19NO3S. The molecule has 0 bridgehead atoms. The van der Waals surface area contributed by atoms with Crippen molar-refractivity contribution in [3.8, 4) is 0 Å². The van der Waals surface area contributed by atoms with Gasteiger partial charge in [0, 0.05) is 6.61 Å². The van der Waals surface area contributed by atoms with E-state index in [1.807, 2.05) is 0 Å². The Morgan fingerprint density at radius 1 is 1.38 bits per heavy atom. The lowest BCUT2D eigenvalue weighted by Crippen LogP contribution is -2.24. The number of aliphatic hydroxyl groups is 1. The predicted molar refractivity (Wildman–Crippen MR) is 53.2 cm³/mol. The Hall–Kier alpha value is -0.130. The Morgan fingerprint density at radius 2 is 1.92 bits per heavy atom. The molecule has 1 unspecified atom stereocenters. The molecule has 0 aliphatic carbocycles. The Kier molecular flexibility index (Phi) is 5.51. The molecule has 0 amide bonds. The molecule has 0 aliphatic rings. The molecule has 0 aliphatic heterocycles. The lowest BCUT2D eigenvalue weighted by Gasteiger charge is -2.12. The van der Waals surface area contributed by atoms with E-state index in [9.17, 15) is 8.42 Å². The number of nitrogens with two attached hydrogens (primary N) is 1. The van der Waals surface area contributed by atoms with E-state index < -0.39 is 9.84 Å². The van der Waals surface area contributed by atoms with Gasteiger partial charge in [-0.1, -0.05) is 0 Å². The fourth-order valence-corrected chi connectivity index (χ4v) is 1.98. The van der Waals surface area contributed by atoms with Gasteiger partial charge in [-0.15, -0.1) is 0 Å². The third-order valence-corrected chi connectivity index (χ3v) is 4.36. The predicted octanol–water partition coefficient (Wildman–Crippen LogP) is -0.233. The van der Waals surface area contributed by atoms with E-state index in [0.29, 0.717) is 13.0 Å². The van der Waals surface area contributed by atoms with Crippen LogP contribution in [0.3, 0.4) is 0 Å². The average Bonchev–Trinajstić information content (AvgIpc) is 2.06. The first-order valence-corrected chi connectivity index (χ1v) is 6.18. The normalized spacial score (nSPS) is 14.8. The SMILES string of the molecule is CC(C)S(=O)(=O)CCC(CN)CO. The van der Waals surface area contributed by atoms with Crippen LogP contribution in [0.5, 0.6) is 0 Å². The summed E-state index contributed by atoms with van der Waals surface area (Å²) < 4.78 is 22.7. The van der Waals surface area contributed by atoms with Gasteiger partial charge in [0.2, 0.25) is 0 Å². The van der Waals surface area contributed by atoms with Gasteiger partial charge in [0.15, 0.2) is 9.84 Å². The molecule has 0 saturated carbocycles. The Bertz CT molecular complexity index is 220. The molecule has 4 nitrogen and oxygen atoms in total. The highest BCUT2D eigenvalue weighted by molar-refractivity contribution is 7.91. The lowest BCUT2D eigenvalue weighted by molar-refractivity contribution is 0.227. The minimum Gasteiger partial charge on any atom is -0.396 e. The maximum atomic E-state index is 11.3. The van der Waals surface area contributed by atoms with Crippen LogP contribution >= 0.6 is 0 Å². The second-order valence-electron chi connectivity index (χ2n) is 3.49. The molecule has 0 aromatic heterocycles. The highest BCUT2D eigenvalue weighted by atomic mass is 32.2. The van der Waals surface area contributed by atoms with Crippen LogP contribution < -0.4 is 5.73 Å². The van der Waals surface area contributed by atoms with Gasteiger partial charge in [-0.05, 0) is 32.7 Å². The smallest absolute Gasteiger partial charge is 0.152 e. The summed E-state index contributed by atoms with van der Waals surface area (Å²) in [7, 11) is -2.98. The average molecular weight is 209 g/mol. The molecule has 0 radical (unpaired) electrons. The van der Waals surface area contributed by atoms with Crippen LogP contribution in [-0.4, -0.2) is 37.7 Å². The van der Waals surface area contributed by atoms with E-state index in [0.717, 1.165) is 0 Å². The van der Waals surface area contributed by atoms with Crippen LogP contribution in [0.15, 0.2) is 0 Å². The summed E-state index contributed by atoms with van der Waals surface area (Å²) in [5.74, 6) is 0.0288. The van der Waals surface area contributed by atoms with Crippen LogP contribution in [-0.2, 0) is 9.84 Å². The maximum Gasteiger partial charge on any atom is 0.152 e. The van der Waals surface area contributed by atoms with E-state index in [4.69, 9.17) is 10.8 Å². The highest BCUT2D eigenvalue weighted by Crippen LogP contribution is 2.07. The van der Waals surface area contributed by atoms with E-state index >= 15 is 0 Å². The standard InChI is InChI=1S/C8H19NO3S/c1-7(2)13(11,12)4-3-8(5-9)6-10/h7-8,10H,3-6,9H2,1-2H3. The molecule has 0 heterocycles.